The predicted molar refractivity (Wildman–Crippen MR) is 163 cm³/mol. The molecule has 0 aliphatic heterocycles. The van der Waals surface area contributed by atoms with E-state index in [-0.39, 0.29) is 22.3 Å². The molecule has 0 nitrogen and oxygen atoms in total. The fourth-order valence-electron chi connectivity index (χ4n) is 4.71. The average Bonchev–Trinajstić information content (AvgIpc) is 3.34. The van der Waals surface area contributed by atoms with E-state index in [2.05, 4.69) is 112 Å². The second-order valence-electron chi connectivity index (χ2n) is 8.43. The highest BCUT2D eigenvalue weighted by Gasteiger charge is 2.19. The van der Waals surface area contributed by atoms with Crippen molar-refractivity contribution in [2.24, 2.45) is 0 Å². The van der Waals surface area contributed by atoms with Crippen molar-refractivity contribution in [2.45, 2.75) is 61.9 Å². The Balaban J connectivity index is 0.000000293. The van der Waals surface area contributed by atoms with Crippen LogP contribution in [0.5, 0.6) is 0 Å². The van der Waals surface area contributed by atoms with Gasteiger partial charge in [0, 0.05) is 5.92 Å². The largest absolute Gasteiger partial charge is 0.0777 e. The van der Waals surface area contributed by atoms with Crippen molar-refractivity contribution in [3.8, 4) is 0 Å². The minimum absolute atomic E-state index is 0. The number of hydrogen-bond donors (Lipinski definition) is 0. The number of hydrogen-bond acceptors (Lipinski definition) is 0. The van der Waals surface area contributed by atoms with E-state index in [1.807, 2.05) is 0 Å². The third-order valence-corrected chi connectivity index (χ3v) is 6.45. The molecule has 0 bridgehead atoms. The molecule has 0 spiro atoms. The summed E-state index contributed by atoms with van der Waals surface area (Å²) >= 11 is 0. The molecule has 34 heavy (non-hydrogen) atoms. The minimum Gasteiger partial charge on any atom is -0.0777 e. The molecule has 0 aromatic heterocycles. The minimum atomic E-state index is 0. The van der Waals surface area contributed by atoms with Crippen LogP contribution in [0.1, 0.15) is 71.2 Å². The van der Waals surface area contributed by atoms with Crippen LogP contribution in [0, 0.1) is 0 Å². The van der Waals surface area contributed by atoms with Gasteiger partial charge in [0.15, 0.2) is 0 Å². The van der Waals surface area contributed by atoms with Gasteiger partial charge in [0.25, 0.3) is 0 Å². The summed E-state index contributed by atoms with van der Waals surface area (Å²) in [5.41, 5.74) is 8.75. The lowest BCUT2D eigenvalue weighted by atomic mass is 9.95. The molecule has 1 atom stereocenters. The highest BCUT2D eigenvalue weighted by atomic mass is 28.1. The van der Waals surface area contributed by atoms with Gasteiger partial charge in [-0.3, -0.25) is 0 Å². The third-order valence-electron chi connectivity index (χ3n) is 6.45. The van der Waals surface area contributed by atoms with Crippen LogP contribution >= 0.6 is 0 Å². The lowest BCUT2D eigenvalue weighted by molar-refractivity contribution is 0.923. The molecule has 4 aromatic rings. The van der Waals surface area contributed by atoms with Crippen LogP contribution in [0.25, 0.3) is 33.7 Å². The second kappa shape index (κ2) is 12.5. The summed E-state index contributed by atoms with van der Waals surface area (Å²) in [6.07, 6.45) is 5.78. The van der Waals surface area contributed by atoms with Gasteiger partial charge in [-0.2, -0.15) is 0 Å². The van der Waals surface area contributed by atoms with Gasteiger partial charge >= 0.3 is 0 Å². The Morgan fingerprint density at radius 2 is 1.18 bits per heavy atom. The molecule has 6 rings (SSSR count). The molecule has 0 saturated carbocycles. The molecule has 180 valence electrons. The number of allylic oxidation sites excluding steroid dienone is 2. The van der Waals surface area contributed by atoms with Crippen LogP contribution < -0.4 is 0 Å². The Bertz CT molecular complexity index is 1310. The fourth-order valence-corrected chi connectivity index (χ4v) is 4.71. The van der Waals surface area contributed by atoms with E-state index in [1.54, 1.807) is 0 Å². The standard InChI is InChI=1S/C15H14.C14H12.CH6Si.3CH4/c1-10-9-15-13(11(10)2)8-7-12-5-3-4-6-14(12)15;1-10-8-12-7-6-11-4-2-3-5-13(11)14(12)9-10;1-2;;;/h3-9,11H,1-2H3;2-7,9H,8H2,1H3;1-2H3;3*1H4. The first kappa shape index (κ1) is 29.1. The molecule has 2 aliphatic carbocycles. The number of rotatable bonds is 0. The Labute approximate surface area is 211 Å². The van der Waals surface area contributed by atoms with Crippen LogP contribution in [0.15, 0.2) is 83.9 Å². The first-order valence-electron chi connectivity index (χ1n) is 11.5. The molecule has 1 heteroatoms. The predicted octanol–water partition coefficient (Wildman–Crippen LogP) is 9.47. The van der Waals surface area contributed by atoms with Gasteiger partial charge in [0.05, 0.1) is 0 Å². The maximum absolute atomic E-state index is 2.34. The monoisotopic (exact) mass is 468 g/mol. The Morgan fingerprint density at radius 3 is 1.79 bits per heavy atom. The van der Waals surface area contributed by atoms with Crippen molar-refractivity contribution in [3.05, 3.63) is 106 Å². The second-order valence-corrected chi connectivity index (χ2v) is 8.43. The quantitative estimate of drug-likeness (QED) is 0.225. The molecule has 0 amide bonds. The van der Waals surface area contributed by atoms with E-state index in [0.717, 1.165) is 6.42 Å². The Hall–Kier alpha value is -2.90. The number of fused-ring (bicyclic) bond motifs is 6. The van der Waals surface area contributed by atoms with E-state index in [1.165, 1.54) is 65.2 Å². The first-order valence-corrected chi connectivity index (χ1v) is 13.5. The topological polar surface area (TPSA) is 0 Å². The van der Waals surface area contributed by atoms with Crippen molar-refractivity contribution in [1.29, 1.82) is 0 Å². The maximum Gasteiger partial charge on any atom is 0.00265 e. The molecular weight excluding hydrogens is 424 g/mol. The zero-order chi connectivity index (χ0) is 22.0. The van der Waals surface area contributed by atoms with E-state index < -0.39 is 0 Å². The Kier molecular flexibility index (Phi) is 10.7. The molecule has 1 unspecified atom stereocenters. The molecular formula is C33H44Si. The molecule has 0 N–H and O–H groups in total. The molecule has 0 fully saturated rings. The van der Waals surface area contributed by atoms with Crippen molar-refractivity contribution >= 4 is 43.9 Å². The lowest BCUT2D eigenvalue weighted by Gasteiger charge is -2.08. The van der Waals surface area contributed by atoms with Crippen molar-refractivity contribution in [2.75, 3.05) is 0 Å². The zero-order valence-corrected chi connectivity index (χ0v) is 21.4. The van der Waals surface area contributed by atoms with Crippen molar-refractivity contribution in [1.82, 2.24) is 0 Å². The van der Waals surface area contributed by atoms with Gasteiger partial charge in [-0.25, -0.2) is 0 Å². The molecule has 2 aliphatic rings. The average molecular weight is 469 g/mol. The van der Waals surface area contributed by atoms with Gasteiger partial charge in [-0.1, -0.05) is 132 Å². The zero-order valence-electron chi connectivity index (χ0n) is 19.4. The summed E-state index contributed by atoms with van der Waals surface area (Å²) in [4.78, 5) is 0. The van der Waals surface area contributed by atoms with Gasteiger partial charge in [0.2, 0.25) is 0 Å². The van der Waals surface area contributed by atoms with Gasteiger partial charge < -0.3 is 0 Å². The van der Waals surface area contributed by atoms with Crippen molar-refractivity contribution in [3.63, 3.8) is 0 Å². The molecule has 0 heterocycles. The van der Waals surface area contributed by atoms with Crippen molar-refractivity contribution < 1.29 is 0 Å². The molecule has 0 saturated heterocycles. The van der Waals surface area contributed by atoms with E-state index in [0.29, 0.717) is 5.92 Å². The summed E-state index contributed by atoms with van der Waals surface area (Å²) < 4.78 is 0. The van der Waals surface area contributed by atoms with Crippen LogP contribution in [-0.4, -0.2) is 10.2 Å². The number of benzene rings is 4. The normalized spacial score (nSPS) is 14.5. The van der Waals surface area contributed by atoms with E-state index >= 15 is 0 Å². The van der Waals surface area contributed by atoms with E-state index in [4.69, 9.17) is 0 Å². The Morgan fingerprint density at radius 1 is 0.647 bits per heavy atom. The molecule has 4 aromatic carbocycles. The summed E-state index contributed by atoms with van der Waals surface area (Å²) in [5.74, 6) is 0.588. The maximum atomic E-state index is 2.34. The van der Waals surface area contributed by atoms with Gasteiger partial charge in [0.1, 0.15) is 0 Å². The summed E-state index contributed by atoms with van der Waals surface area (Å²) in [6.45, 7) is 8.85. The van der Waals surface area contributed by atoms with Crippen LogP contribution in [0.3, 0.4) is 0 Å². The van der Waals surface area contributed by atoms with Gasteiger partial charge in [-0.05, 0) is 74.3 Å². The van der Waals surface area contributed by atoms with Crippen LogP contribution in [0.2, 0.25) is 6.55 Å². The van der Waals surface area contributed by atoms with Gasteiger partial charge in [-0.15, -0.1) is 0 Å². The highest BCUT2D eigenvalue weighted by molar-refractivity contribution is 6.05. The molecule has 0 radical (unpaired) electrons. The van der Waals surface area contributed by atoms with Crippen LogP contribution in [0.4, 0.5) is 0 Å². The summed E-state index contributed by atoms with van der Waals surface area (Å²) in [6, 6.07) is 26.2. The SMILES string of the molecule is C.C.C.CC1=Cc2c(ccc3ccccc23)C1.CC1=Cc2c(ccc3ccccc23)C1C.C[SiH3]. The first-order chi connectivity index (χ1) is 15.1. The third kappa shape index (κ3) is 5.42. The highest BCUT2D eigenvalue weighted by Crippen LogP contribution is 2.39. The van der Waals surface area contributed by atoms with E-state index in [9.17, 15) is 0 Å². The van der Waals surface area contributed by atoms with Crippen LogP contribution in [-0.2, 0) is 6.42 Å². The smallest absolute Gasteiger partial charge is 0.00265 e. The fraction of sp³-hybridized carbons (Fsp3) is 0.273. The summed E-state index contributed by atoms with van der Waals surface area (Å²) in [7, 11) is 1.31. The lowest BCUT2D eigenvalue weighted by Crippen LogP contribution is -1.90. The summed E-state index contributed by atoms with van der Waals surface area (Å²) in [5, 5.41) is 5.46.